The Hall–Kier alpha value is -3.50. The van der Waals surface area contributed by atoms with Crippen molar-refractivity contribution in [1.82, 2.24) is 19.0 Å². The highest BCUT2D eigenvalue weighted by molar-refractivity contribution is 7.89. The van der Waals surface area contributed by atoms with Crippen LogP contribution in [0.15, 0.2) is 65.7 Å². The summed E-state index contributed by atoms with van der Waals surface area (Å²) < 4.78 is 34.0. The maximum atomic E-state index is 12.9. The minimum atomic E-state index is -3.70. The molecule has 2 aromatic carbocycles. The molecule has 0 atom stereocenters. The first-order chi connectivity index (χ1) is 15.8. The molecule has 172 valence electrons. The second-order valence-corrected chi connectivity index (χ2v) is 9.56. The number of hydrogen-bond acceptors (Lipinski definition) is 6. The molecule has 0 radical (unpaired) electrons. The van der Waals surface area contributed by atoms with Crippen LogP contribution in [0.25, 0.3) is 5.69 Å². The van der Waals surface area contributed by atoms with Crippen LogP contribution >= 0.6 is 0 Å². The zero-order valence-electron chi connectivity index (χ0n) is 18.3. The molecule has 9 nitrogen and oxygen atoms in total. The highest BCUT2D eigenvalue weighted by Gasteiger charge is 2.31. The third kappa shape index (κ3) is 4.67. The highest BCUT2D eigenvalue weighted by atomic mass is 32.2. The van der Waals surface area contributed by atoms with Crippen molar-refractivity contribution in [3.63, 3.8) is 0 Å². The second-order valence-electron chi connectivity index (χ2n) is 7.62. The topological polar surface area (TPSA) is 102 Å². The van der Waals surface area contributed by atoms with Crippen LogP contribution < -0.4 is 4.74 Å². The molecule has 4 rings (SSSR count). The standard InChI is InChI=1S/C23H24N4O5S/c1-17(28)18-3-9-21(10-4-18)33(30,31)26-15-13-25(14-16-26)23(29)22-11-12-27(24-22)19-5-7-20(32-2)8-6-19/h3-12H,13-16H2,1-2H3. The molecule has 1 aliphatic rings. The van der Waals surface area contributed by atoms with E-state index in [9.17, 15) is 18.0 Å². The van der Waals surface area contributed by atoms with Crippen LogP contribution in [-0.4, -0.2) is 72.4 Å². The quantitative estimate of drug-likeness (QED) is 0.514. The normalized spacial score (nSPS) is 14.8. The Balaban J connectivity index is 1.40. The summed E-state index contributed by atoms with van der Waals surface area (Å²) in [6.45, 7) is 2.32. The van der Waals surface area contributed by atoms with Gasteiger partial charge in [-0.3, -0.25) is 9.59 Å². The van der Waals surface area contributed by atoms with E-state index in [4.69, 9.17) is 4.74 Å². The molecule has 1 aliphatic heterocycles. The first-order valence-electron chi connectivity index (χ1n) is 10.4. The number of carbonyl (C=O) groups excluding carboxylic acids is 2. The molecule has 0 unspecified atom stereocenters. The average Bonchev–Trinajstić information content (AvgIpc) is 3.34. The van der Waals surface area contributed by atoms with E-state index in [1.807, 2.05) is 24.3 Å². The molecular formula is C23H24N4O5S. The molecule has 1 amide bonds. The van der Waals surface area contributed by atoms with Gasteiger partial charge in [0.1, 0.15) is 5.75 Å². The van der Waals surface area contributed by atoms with Gasteiger partial charge in [-0.2, -0.15) is 9.40 Å². The lowest BCUT2D eigenvalue weighted by molar-refractivity contribution is 0.0691. The lowest BCUT2D eigenvalue weighted by Gasteiger charge is -2.33. The number of benzene rings is 2. The predicted molar refractivity (Wildman–Crippen MR) is 121 cm³/mol. The maximum absolute atomic E-state index is 12.9. The van der Waals surface area contributed by atoms with Gasteiger partial charge in [0, 0.05) is 37.9 Å². The molecule has 1 fully saturated rings. The van der Waals surface area contributed by atoms with Gasteiger partial charge in [0.2, 0.25) is 10.0 Å². The largest absolute Gasteiger partial charge is 0.497 e. The molecule has 0 N–H and O–H groups in total. The fourth-order valence-corrected chi connectivity index (χ4v) is 5.04. The van der Waals surface area contributed by atoms with E-state index in [1.165, 1.54) is 35.5 Å². The Kier molecular flexibility index (Phi) is 6.30. The number of piperazine rings is 1. The van der Waals surface area contributed by atoms with E-state index in [0.29, 0.717) is 11.3 Å². The van der Waals surface area contributed by atoms with Gasteiger partial charge in [0.15, 0.2) is 11.5 Å². The number of nitrogens with zero attached hydrogens (tertiary/aromatic N) is 4. The van der Waals surface area contributed by atoms with Crippen LogP contribution in [0.5, 0.6) is 5.75 Å². The van der Waals surface area contributed by atoms with Crippen molar-refractivity contribution < 1.29 is 22.7 Å². The van der Waals surface area contributed by atoms with Crippen molar-refractivity contribution in [3.8, 4) is 11.4 Å². The number of sulfonamides is 1. The number of amides is 1. The molecule has 1 saturated heterocycles. The molecule has 1 aromatic heterocycles. The molecule has 0 spiro atoms. The Morgan fingerprint density at radius 2 is 1.55 bits per heavy atom. The highest BCUT2D eigenvalue weighted by Crippen LogP contribution is 2.20. The molecule has 3 aromatic rings. The fraction of sp³-hybridized carbons (Fsp3) is 0.261. The number of methoxy groups -OCH3 is 1. The maximum Gasteiger partial charge on any atom is 0.274 e. The minimum Gasteiger partial charge on any atom is -0.497 e. The number of rotatable bonds is 6. The van der Waals surface area contributed by atoms with Gasteiger partial charge in [-0.05, 0) is 49.4 Å². The second kappa shape index (κ2) is 9.16. The van der Waals surface area contributed by atoms with Gasteiger partial charge in [-0.15, -0.1) is 0 Å². The first kappa shape index (κ1) is 22.7. The van der Waals surface area contributed by atoms with Crippen molar-refractivity contribution >= 4 is 21.7 Å². The molecular weight excluding hydrogens is 444 g/mol. The Morgan fingerprint density at radius 3 is 2.12 bits per heavy atom. The van der Waals surface area contributed by atoms with Gasteiger partial charge in [-0.25, -0.2) is 13.1 Å². The summed E-state index contributed by atoms with van der Waals surface area (Å²) in [6, 6.07) is 14.8. The van der Waals surface area contributed by atoms with E-state index >= 15 is 0 Å². The van der Waals surface area contributed by atoms with Gasteiger partial charge in [0.25, 0.3) is 5.91 Å². The molecule has 10 heteroatoms. The summed E-state index contributed by atoms with van der Waals surface area (Å²) in [5, 5.41) is 4.37. The smallest absolute Gasteiger partial charge is 0.274 e. The molecule has 0 saturated carbocycles. The molecule has 0 aliphatic carbocycles. The number of hydrogen-bond donors (Lipinski definition) is 0. The number of ketones is 1. The number of carbonyl (C=O) groups is 2. The van der Waals surface area contributed by atoms with Crippen molar-refractivity contribution in [2.75, 3.05) is 33.3 Å². The van der Waals surface area contributed by atoms with Crippen molar-refractivity contribution in [3.05, 3.63) is 72.1 Å². The third-order valence-electron chi connectivity index (χ3n) is 5.57. The summed E-state index contributed by atoms with van der Waals surface area (Å²) >= 11 is 0. The van der Waals surface area contributed by atoms with E-state index < -0.39 is 10.0 Å². The van der Waals surface area contributed by atoms with Gasteiger partial charge >= 0.3 is 0 Å². The zero-order valence-corrected chi connectivity index (χ0v) is 19.2. The summed E-state index contributed by atoms with van der Waals surface area (Å²) in [5.74, 6) is 0.357. The SMILES string of the molecule is COc1ccc(-n2ccc(C(=O)N3CCN(S(=O)(=O)c4ccc(C(C)=O)cc4)CC3)n2)cc1. The molecule has 2 heterocycles. The molecule has 0 bridgehead atoms. The monoisotopic (exact) mass is 468 g/mol. The Morgan fingerprint density at radius 1 is 0.909 bits per heavy atom. The van der Waals surface area contributed by atoms with Crippen LogP contribution in [0.2, 0.25) is 0 Å². The zero-order chi connectivity index (χ0) is 23.6. The predicted octanol–water partition coefficient (Wildman–Crippen LogP) is 2.23. The van der Waals surface area contributed by atoms with Crippen LogP contribution in [0.4, 0.5) is 0 Å². The van der Waals surface area contributed by atoms with E-state index in [0.717, 1.165) is 11.4 Å². The summed E-state index contributed by atoms with van der Waals surface area (Å²) in [7, 11) is -2.11. The van der Waals surface area contributed by atoms with E-state index in [1.54, 1.807) is 29.0 Å². The van der Waals surface area contributed by atoms with Gasteiger partial charge in [-0.1, -0.05) is 12.1 Å². The van der Waals surface area contributed by atoms with Crippen LogP contribution in [0, 0.1) is 0 Å². The van der Waals surface area contributed by atoms with Gasteiger partial charge in [0.05, 0.1) is 17.7 Å². The summed E-state index contributed by atoms with van der Waals surface area (Å²) in [5.41, 5.74) is 1.54. The lowest BCUT2D eigenvalue weighted by atomic mass is 10.2. The Labute approximate surface area is 192 Å². The van der Waals surface area contributed by atoms with Crippen LogP contribution in [0.1, 0.15) is 27.8 Å². The van der Waals surface area contributed by atoms with Crippen molar-refractivity contribution in [1.29, 1.82) is 0 Å². The van der Waals surface area contributed by atoms with Crippen molar-refractivity contribution in [2.45, 2.75) is 11.8 Å². The summed E-state index contributed by atoms with van der Waals surface area (Å²) in [4.78, 5) is 26.1. The average molecular weight is 469 g/mol. The number of ether oxygens (including phenoxy) is 1. The molecule has 33 heavy (non-hydrogen) atoms. The number of Topliss-reactive ketones (excluding diaryl/α,β-unsaturated/α-hetero) is 1. The van der Waals surface area contributed by atoms with Crippen LogP contribution in [0.3, 0.4) is 0 Å². The minimum absolute atomic E-state index is 0.125. The summed E-state index contributed by atoms with van der Waals surface area (Å²) in [6.07, 6.45) is 1.71. The third-order valence-corrected chi connectivity index (χ3v) is 7.48. The Bertz CT molecular complexity index is 1260. The van der Waals surface area contributed by atoms with Crippen molar-refractivity contribution in [2.24, 2.45) is 0 Å². The van der Waals surface area contributed by atoms with Gasteiger partial charge < -0.3 is 9.64 Å². The number of aromatic nitrogens is 2. The van der Waals surface area contributed by atoms with E-state index in [2.05, 4.69) is 5.10 Å². The fourth-order valence-electron chi connectivity index (χ4n) is 3.62. The lowest BCUT2D eigenvalue weighted by Crippen LogP contribution is -2.50. The van der Waals surface area contributed by atoms with E-state index in [-0.39, 0.29) is 42.8 Å². The first-order valence-corrected chi connectivity index (χ1v) is 11.8. The van der Waals surface area contributed by atoms with Crippen LogP contribution in [-0.2, 0) is 10.0 Å².